The number of para-hydroxylation sites is 1. The van der Waals surface area contributed by atoms with E-state index in [9.17, 15) is 0 Å². The van der Waals surface area contributed by atoms with E-state index >= 15 is 0 Å². The monoisotopic (exact) mass is 391 g/mol. The highest BCUT2D eigenvalue weighted by molar-refractivity contribution is 5.95. The van der Waals surface area contributed by atoms with Gasteiger partial charge in [-0.05, 0) is 6.07 Å². The number of aromatic nitrogens is 2. The number of nitrogens with one attached hydrogen (secondary N) is 1. The van der Waals surface area contributed by atoms with E-state index in [0.717, 1.165) is 28.8 Å². The highest BCUT2D eigenvalue weighted by Crippen LogP contribution is 2.40. The molecule has 0 amide bonds. The lowest BCUT2D eigenvalue weighted by Crippen LogP contribution is -2.31. The summed E-state index contributed by atoms with van der Waals surface area (Å²) < 4.78 is 19.5. The molecule has 148 valence electrons. The van der Waals surface area contributed by atoms with Crippen molar-refractivity contribution in [2.24, 2.45) is 10.7 Å². The zero-order valence-electron chi connectivity index (χ0n) is 15.8. The Labute approximate surface area is 167 Å². The van der Waals surface area contributed by atoms with Gasteiger partial charge in [-0.15, -0.1) is 0 Å². The number of fused-ring (bicyclic) bond motifs is 4. The topological polar surface area (TPSA) is 95.9 Å². The van der Waals surface area contributed by atoms with E-state index in [1.54, 1.807) is 6.08 Å². The molecule has 8 nitrogen and oxygen atoms in total. The number of imidazole rings is 1. The number of nitrogens with zero attached hydrogens (tertiary/aromatic N) is 3. The molecule has 3 heterocycles. The van der Waals surface area contributed by atoms with E-state index in [2.05, 4.69) is 16.9 Å². The van der Waals surface area contributed by atoms with Crippen LogP contribution in [0.2, 0.25) is 0 Å². The summed E-state index contributed by atoms with van der Waals surface area (Å²) in [5.74, 6) is 3.03. The van der Waals surface area contributed by atoms with E-state index in [0.29, 0.717) is 43.2 Å². The lowest BCUT2D eigenvalue weighted by atomic mass is 10.1. The van der Waals surface area contributed by atoms with Gasteiger partial charge in [0.2, 0.25) is 5.95 Å². The molecule has 8 heteroatoms. The molecule has 2 aliphatic rings. The number of ether oxygens (including phenoxy) is 3. The summed E-state index contributed by atoms with van der Waals surface area (Å²) in [6.07, 6.45) is 2.12. The normalized spacial score (nSPS) is 17.7. The van der Waals surface area contributed by atoms with Gasteiger partial charge in [-0.2, -0.15) is 0 Å². The first-order chi connectivity index (χ1) is 14.2. The third kappa shape index (κ3) is 3.02. The van der Waals surface area contributed by atoms with Crippen molar-refractivity contribution in [3.05, 3.63) is 54.6 Å². The summed E-state index contributed by atoms with van der Waals surface area (Å²) in [5.41, 5.74) is 8.60. The average Bonchev–Trinajstić information content (AvgIpc) is 2.91. The standard InChI is InChI=1S/C21H21N5O3/c1-2-8-27-16-7-4-3-6-13(16)19-24-20(22)25-21-23-14-11-17-18(12-15(14)26(19)21)29-10-5-9-28-17/h2-4,6-7,11-12,19H,1,5,8-10H2,(H3,22,23,24,25). The molecule has 1 aromatic heterocycles. The van der Waals surface area contributed by atoms with Crippen molar-refractivity contribution in [1.29, 1.82) is 0 Å². The summed E-state index contributed by atoms with van der Waals surface area (Å²) in [7, 11) is 0. The van der Waals surface area contributed by atoms with Crippen LogP contribution < -0.4 is 25.3 Å². The predicted molar refractivity (Wildman–Crippen MR) is 111 cm³/mol. The molecule has 0 saturated carbocycles. The number of hydrogen-bond donors (Lipinski definition) is 2. The first-order valence-electron chi connectivity index (χ1n) is 9.49. The third-order valence-electron chi connectivity index (χ3n) is 4.86. The molecule has 3 aromatic rings. The van der Waals surface area contributed by atoms with Crippen LogP contribution in [0.5, 0.6) is 17.2 Å². The molecule has 5 rings (SSSR count). The Morgan fingerprint density at radius 1 is 1.24 bits per heavy atom. The van der Waals surface area contributed by atoms with E-state index in [1.165, 1.54) is 0 Å². The molecule has 0 saturated heterocycles. The van der Waals surface area contributed by atoms with Crippen LogP contribution in [0.3, 0.4) is 0 Å². The molecule has 1 atom stereocenters. The number of rotatable bonds is 4. The Kier molecular flexibility index (Phi) is 4.23. The van der Waals surface area contributed by atoms with Crippen molar-refractivity contribution in [2.75, 3.05) is 25.1 Å². The maximum Gasteiger partial charge on any atom is 0.212 e. The van der Waals surface area contributed by atoms with Crippen molar-refractivity contribution in [2.45, 2.75) is 12.6 Å². The smallest absolute Gasteiger partial charge is 0.212 e. The Balaban J connectivity index is 1.68. The molecule has 29 heavy (non-hydrogen) atoms. The van der Waals surface area contributed by atoms with Crippen molar-refractivity contribution < 1.29 is 14.2 Å². The largest absolute Gasteiger partial charge is 0.489 e. The fourth-order valence-electron chi connectivity index (χ4n) is 3.61. The first-order valence-corrected chi connectivity index (χ1v) is 9.49. The maximum atomic E-state index is 6.07. The number of aliphatic imine (C=N–C) groups is 1. The lowest BCUT2D eigenvalue weighted by molar-refractivity contribution is 0.297. The Bertz CT molecular complexity index is 1120. The van der Waals surface area contributed by atoms with E-state index in [1.807, 2.05) is 41.0 Å². The summed E-state index contributed by atoms with van der Waals surface area (Å²) >= 11 is 0. The second-order valence-electron chi connectivity index (χ2n) is 6.79. The van der Waals surface area contributed by atoms with Crippen molar-refractivity contribution in [1.82, 2.24) is 9.55 Å². The van der Waals surface area contributed by atoms with Gasteiger partial charge in [0.1, 0.15) is 12.4 Å². The Morgan fingerprint density at radius 2 is 2.03 bits per heavy atom. The van der Waals surface area contributed by atoms with Gasteiger partial charge in [0.25, 0.3) is 0 Å². The minimum absolute atomic E-state index is 0.297. The fourth-order valence-corrected chi connectivity index (χ4v) is 3.61. The van der Waals surface area contributed by atoms with Crippen LogP contribution in [-0.4, -0.2) is 35.3 Å². The molecule has 1 unspecified atom stereocenters. The molecule has 3 N–H and O–H groups in total. The van der Waals surface area contributed by atoms with E-state index < -0.39 is 6.17 Å². The first kappa shape index (κ1) is 17.4. The number of hydrogen-bond acceptors (Lipinski definition) is 7. The maximum absolute atomic E-state index is 6.07. The molecular formula is C21H21N5O3. The molecule has 0 spiro atoms. The highest BCUT2D eigenvalue weighted by atomic mass is 16.5. The van der Waals surface area contributed by atoms with Crippen molar-refractivity contribution >= 4 is 22.9 Å². The lowest BCUT2D eigenvalue weighted by Gasteiger charge is -2.25. The zero-order chi connectivity index (χ0) is 19.8. The zero-order valence-corrected chi connectivity index (χ0v) is 15.8. The minimum atomic E-state index is -0.429. The SMILES string of the molecule is C=CCOc1ccccc1C1N=C(N)Nc2nc3cc4c(cc3n21)OCCCO4. The van der Waals surface area contributed by atoms with Gasteiger partial charge < -0.3 is 19.9 Å². The quantitative estimate of drug-likeness (QED) is 0.664. The molecule has 0 radical (unpaired) electrons. The van der Waals surface area contributed by atoms with Gasteiger partial charge in [0.05, 0.1) is 24.2 Å². The number of nitrogens with two attached hydrogens (primary N) is 1. The average molecular weight is 391 g/mol. The molecule has 2 aromatic carbocycles. The molecule has 0 bridgehead atoms. The van der Waals surface area contributed by atoms with Crippen LogP contribution >= 0.6 is 0 Å². The summed E-state index contributed by atoms with van der Waals surface area (Å²) in [4.78, 5) is 9.35. The molecule has 0 fully saturated rings. The predicted octanol–water partition coefficient (Wildman–Crippen LogP) is 3.05. The minimum Gasteiger partial charge on any atom is -0.489 e. The van der Waals surface area contributed by atoms with Crippen LogP contribution in [0.15, 0.2) is 54.0 Å². The van der Waals surface area contributed by atoms with E-state index in [-0.39, 0.29) is 0 Å². The van der Waals surface area contributed by atoms with Crippen molar-refractivity contribution in [3.8, 4) is 17.2 Å². The second kappa shape index (κ2) is 7.05. The Hall–Kier alpha value is -3.68. The number of anilines is 1. The second-order valence-corrected chi connectivity index (χ2v) is 6.79. The van der Waals surface area contributed by atoms with Gasteiger partial charge in [-0.25, -0.2) is 9.98 Å². The summed E-state index contributed by atoms with van der Waals surface area (Å²) in [6, 6.07) is 11.6. The number of benzene rings is 2. The van der Waals surface area contributed by atoms with Crippen LogP contribution in [0.25, 0.3) is 11.0 Å². The van der Waals surface area contributed by atoms with Crippen molar-refractivity contribution in [3.63, 3.8) is 0 Å². The Morgan fingerprint density at radius 3 is 2.86 bits per heavy atom. The van der Waals surface area contributed by atoms with Gasteiger partial charge >= 0.3 is 0 Å². The van der Waals surface area contributed by atoms with Crippen LogP contribution in [-0.2, 0) is 0 Å². The molecule has 0 aliphatic carbocycles. The molecule has 2 aliphatic heterocycles. The van der Waals surface area contributed by atoms with Gasteiger partial charge in [0.15, 0.2) is 23.6 Å². The van der Waals surface area contributed by atoms with E-state index in [4.69, 9.17) is 24.9 Å². The highest BCUT2D eigenvalue weighted by Gasteiger charge is 2.28. The van der Waals surface area contributed by atoms with Gasteiger partial charge in [0, 0.05) is 24.1 Å². The molecular weight excluding hydrogens is 370 g/mol. The van der Waals surface area contributed by atoms with Crippen LogP contribution in [0.1, 0.15) is 18.2 Å². The van der Waals surface area contributed by atoms with Gasteiger partial charge in [-0.3, -0.25) is 9.88 Å². The fraction of sp³-hybridized carbons (Fsp3) is 0.238. The van der Waals surface area contributed by atoms with Crippen LogP contribution in [0, 0.1) is 0 Å². The van der Waals surface area contributed by atoms with Gasteiger partial charge in [-0.1, -0.05) is 30.9 Å². The summed E-state index contributed by atoms with van der Waals surface area (Å²) in [5, 5.41) is 3.06. The summed E-state index contributed by atoms with van der Waals surface area (Å²) in [6.45, 7) is 5.36. The van der Waals surface area contributed by atoms with Crippen LogP contribution in [0.4, 0.5) is 5.95 Å². The third-order valence-corrected chi connectivity index (χ3v) is 4.86. The number of guanidine groups is 1.